The van der Waals surface area contributed by atoms with E-state index in [-0.39, 0.29) is 17.4 Å². The number of rotatable bonds is 2. The fourth-order valence-corrected chi connectivity index (χ4v) is 3.49. The molecule has 0 atom stereocenters. The van der Waals surface area contributed by atoms with Crippen LogP contribution in [0.15, 0.2) is 18.2 Å². The molecule has 0 saturated carbocycles. The Morgan fingerprint density at radius 1 is 1.39 bits per heavy atom. The third-order valence-electron chi connectivity index (χ3n) is 4.71. The molecule has 2 saturated heterocycles. The molecule has 0 unspecified atom stereocenters. The third-order valence-corrected chi connectivity index (χ3v) is 5.01. The molecule has 2 N–H and O–H groups in total. The van der Waals surface area contributed by atoms with Crippen LogP contribution >= 0.6 is 11.6 Å². The topological polar surface area (TPSA) is 70.7 Å². The van der Waals surface area contributed by atoms with E-state index in [9.17, 15) is 9.59 Å². The van der Waals surface area contributed by atoms with Crippen molar-refractivity contribution in [2.24, 2.45) is 5.41 Å². The Labute approximate surface area is 140 Å². The van der Waals surface area contributed by atoms with Crippen LogP contribution in [0.3, 0.4) is 0 Å². The van der Waals surface area contributed by atoms with Crippen LogP contribution in [0.4, 0.5) is 10.5 Å². The van der Waals surface area contributed by atoms with Gasteiger partial charge in [-0.2, -0.15) is 0 Å². The first-order chi connectivity index (χ1) is 11.0. The fraction of sp³-hybridized carbons (Fsp3) is 0.500. The largest absolute Gasteiger partial charge is 0.495 e. The summed E-state index contributed by atoms with van der Waals surface area (Å²) in [6.07, 6.45) is 2.28. The second kappa shape index (κ2) is 6.28. The highest BCUT2D eigenvalue weighted by molar-refractivity contribution is 6.32. The zero-order valence-corrected chi connectivity index (χ0v) is 13.8. The number of nitrogens with one attached hydrogen (secondary N) is 2. The lowest BCUT2D eigenvalue weighted by Crippen LogP contribution is -2.45. The number of halogens is 1. The van der Waals surface area contributed by atoms with Gasteiger partial charge in [-0.05, 0) is 36.5 Å². The van der Waals surface area contributed by atoms with Crippen LogP contribution in [0.2, 0.25) is 5.02 Å². The van der Waals surface area contributed by atoms with Gasteiger partial charge in [0.2, 0.25) is 5.91 Å². The van der Waals surface area contributed by atoms with Crippen LogP contribution in [-0.4, -0.2) is 43.6 Å². The quantitative estimate of drug-likeness (QED) is 0.871. The molecule has 1 aromatic carbocycles. The molecule has 0 aliphatic carbocycles. The number of benzene rings is 1. The molecule has 124 valence electrons. The highest BCUT2D eigenvalue weighted by Crippen LogP contribution is 2.37. The lowest BCUT2D eigenvalue weighted by atomic mass is 9.78. The highest BCUT2D eigenvalue weighted by atomic mass is 35.5. The number of hydrogen-bond donors (Lipinski definition) is 2. The summed E-state index contributed by atoms with van der Waals surface area (Å²) in [5.74, 6) is 0.693. The predicted molar refractivity (Wildman–Crippen MR) is 87.9 cm³/mol. The minimum Gasteiger partial charge on any atom is -0.495 e. The van der Waals surface area contributed by atoms with Crippen LogP contribution in [0, 0.1) is 5.41 Å². The van der Waals surface area contributed by atoms with E-state index in [0.29, 0.717) is 36.0 Å². The van der Waals surface area contributed by atoms with E-state index in [0.717, 1.165) is 19.4 Å². The molecule has 7 heteroatoms. The SMILES string of the molecule is COc1ccc(NC(=O)N2CCC3(CC2)CNC(=O)C3)cc1Cl. The van der Waals surface area contributed by atoms with Crippen molar-refractivity contribution in [1.82, 2.24) is 10.2 Å². The Hall–Kier alpha value is -1.95. The van der Waals surface area contributed by atoms with Crippen LogP contribution < -0.4 is 15.4 Å². The molecule has 3 amide bonds. The monoisotopic (exact) mass is 337 g/mol. The molecule has 23 heavy (non-hydrogen) atoms. The smallest absolute Gasteiger partial charge is 0.321 e. The van der Waals surface area contributed by atoms with Gasteiger partial charge in [0.25, 0.3) is 0 Å². The minimum atomic E-state index is -0.140. The molecule has 0 radical (unpaired) electrons. The molecular weight excluding hydrogens is 318 g/mol. The summed E-state index contributed by atoms with van der Waals surface area (Å²) < 4.78 is 5.09. The van der Waals surface area contributed by atoms with Gasteiger partial charge in [0.05, 0.1) is 12.1 Å². The number of carbonyl (C=O) groups excluding carboxylic acids is 2. The first-order valence-electron chi connectivity index (χ1n) is 7.68. The first kappa shape index (κ1) is 15.9. The molecule has 2 aliphatic rings. The van der Waals surface area contributed by atoms with Gasteiger partial charge in [-0.25, -0.2) is 4.79 Å². The van der Waals surface area contributed by atoms with Gasteiger partial charge in [0.1, 0.15) is 5.75 Å². The molecule has 2 fully saturated rings. The van der Waals surface area contributed by atoms with Crippen molar-refractivity contribution < 1.29 is 14.3 Å². The second-order valence-corrected chi connectivity index (χ2v) is 6.63. The lowest BCUT2D eigenvalue weighted by molar-refractivity contribution is -0.119. The average Bonchev–Trinajstić information content (AvgIpc) is 2.89. The number of piperidine rings is 1. The number of amides is 3. The van der Waals surface area contributed by atoms with E-state index < -0.39 is 0 Å². The van der Waals surface area contributed by atoms with Crippen molar-refractivity contribution in [3.63, 3.8) is 0 Å². The summed E-state index contributed by atoms with van der Waals surface area (Å²) in [5.41, 5.74) is 0.677. The number of nitrogens with zero attached hydrogens (tertiary/aromatic N) is 1. The molecule has 0 aromatic heterocycles. The molecule has 1 spiro atoms. The maximum Gasteiger partial charge on any atom is 0.321 e. The Morgan fingerprint density at radius 2 is 2.13 bits per heavy atom. The normalized spacial score (nSPS) is 19.6. The summed E-state index contributed by atoms with van der Waals surface area (Å²) in [5, 5.41) is 6.21. The van der Waals surface area contributed by atoms with Crippen LogP contribution in [0.1, 0.15) is 19.3 Å². The highest BCUT2D eigenvalue weighted by Gasteiger charge is 2.41. The van der Waals surface area contributed by atoms with Crippen molar-refractivity contribution in [2.75, 3.05) is 32.1 Å². The summed E-state index contributed by atoms with van der Waals surface area (Å²) in [4.78, 5) is 25.6. The zero-order valence-electron chi connectivity index (χ0n) is 13.0. The Balaban J connectivity index is 1.57. The van der Waals surface area contributed by atoms with E-state index in [1.807, 2.05) is 0 Å². The van der Waals surface area contributed by atoms with E-state index in [4.69, 9.17) is 16.3 Å². The molecule has 3 rings (SSSR count). The Kier molecular flexibility index (Phi) is 4.35. The van der Waals surface area contributed by atoms with Gasteiger partial charge in [0, 0.05) is 31.7 Å². The van der Waals surface area contributed by atoms with Crippen LogP contribution in [-0.2, 0) is 4.79 Å². The number of methoxy groups -OCH3 is 1. The van der Waals surface area contributed by atoms with E-state index in [2.05, 4.69) is 10.6 Å². The molecule has 0 bridgehead atoms. The predicted octanol–water partition coefficient (Wildman–Crippen LogP) is 2.48. The summed E-state index contributed by atoms with van der Waals surface area (Å²) >= 11 is 6.07. The van der Waals surface area contributed by atoms with Gasteiger partial charge in [-0.1, -0.05) is 11.6 Å². The summed E-state index contributed by atoms with van der Waals surface area (Å²) in [7, 11) is 1.55. The van der Waals surface area contributed by atoms with Crippen molar-refractivity contribution in [2.45, 2.75) is 19.3 Å². The standard InChI is InChI=1S/C16H20ClN3O3/c1-23-13-3-2-11(8-12(13)17)19-15(22)20-6-4-16(5-7-20)9-14(21)18-10-16/h2-3,8H,4-7,9-10H2,1H3,(H,18,21)(H,19,22). The summed E-state index contributed by atoms with van der Waals surface area (Å²) in [6.45, 7) is 2.05. The number of likely N-dealkylation sites (tertiary alicyclic amines) is 1. The van der Waals surface area contributed by atoms with Gasteiger partial charge in [-0.15, -0.1) is 0 Å². The summed E-state index contributed by atoms with van der Waals surface area (Å²) in [6, 6.07) is 5.01. The van der Waals surface area contributed by atoms with E-state index in [1.54, 1.807) is 30.2 Å². The average molecular weight is 338 g/mol. The van der Waals surface area contributed by atoms with Crippen molar-refractivity contribution >= 4 is 29.2 Å². The fourth-order valence-electron chi connectivity index (χ4n) is 3.24. The molecule has 6 nitrogen and oxygen atoms in total. The number of anilines is 1. The Bertz CT molecular complexity index is 627. The van der Waals surface area contributed by atoms with E-state index >= 15 is 0 Å². The number of ether oxygens (including phenoxy) is 1. The van der Waals surface area contributed by atoms with Crippen molar-refractivity contribution in [3.8, 4) is 5.75 Å². The number of hydrogen-bond acceptors (Lipinski definition) is 3. The maximum atomic E-state index is 12.4. The Morgan fingerprint density at radius 3 is 2.70 bits per heavy atom. The van der Waals surface area contributed by atoms with Gasteiger partial charge in [-0.3, -0.25) is 4.79 Å². The van der Waals surface area contributed by atoms with Gasteiger partial charge >= 0.3 is 6.03 Å². The first-order valence-corrected chi connectivity index (χ1v) is 8.05. The maximum absolute atomic E-state index is 12.4. The van der Waals surface area contributed by atoms with Gasteiger partial charge in [0.15, 0.2) is 0 Å². The third kappa shape index (κ3) is 3.37. The van der Waals surface area contributed by atoms with Crippen molar-refractivity contribution in [1.29, 1.82) is 0 Å². The number of urea groups is 1. The minimum absolute atomic E-state index is 0.0390. The van der Waals surface area contributed by atoms with Crippen molar-refractivity contribution in [3.05, 3.63) is 23.2 Å². The molecular formula is C16H20ClN3O3. The lowest BCUT2D eigenvalue weighted by Gasteiger charge is -2.38. The van der Waals surface area contributed by atoms with Crippen LogP contribution in [0.25, 0.3) is 0 Å². The van der Waals surface area contributed by atoms with Crippen LogP contribution in [0.5, 0.6) is 5.75 Å². The molecule has 2 aliphatic heterocycles. The van der Waals surface area contributed by atoms with E-state index in [1.165, 1.54) is 0 Å². The second-order valence-electron chi connectivity index (χ2n) is 6.22. The molecule has 1 aromatic rings. The number of carbonyl (C=O) groups is 2. The zero-order chi connectivity index (χ0) is 16.4. The van der Waals surface area contributed by atoms with Gasteiger partial charge < -0.3 is 20.3 Å². The molecule has 2 heterocycles.